The Morgan fingerprint density at radius 2 is 2.23 bits per heavy atom. The summed E-state index contributed by atoms with van der Waals surface area (Å²) in [5.41, 5.74) is 0.746. The van der Waals surface area contributed by atoms with Crippen LogP contribution in [0.2, 0.25) is 5.02 Å². The number of halogens is 1. The molecular weight excluding hydrogens is 308 g/mol. The molecule has 0 aliphatic heterocycles. The summed E-state index contributed by atoms with van der Waals surface area (Å²) in [7, 11) is 3.06. The molecule has 118 valence electrons. The number of benzene rings is 1. The number of methoxy groups -OCH3 is 1. The van der Waals surface area contributed by atoms with Crippen LogP contribution in [0.3, 0.4) is 0 Å². The standard InChI is InChI=1S/C15H17ClN2O4/c1-18(7-10(19)8-21-2)15(20)13-14(22-9-17-13)11-5-3-4-6-12(11)16/h3-6,9-10,19H,7-8H2,1-2H3. The summed E-state index contributed by atoms with van der Waals surface area (Å²) in [6, 6.07) is 7.04. The van der Waals surface area contributed by atoms with E-state index in [2.05, 4.69) is 4.98 Å². The second-order valence-electron chi connectivity index (χ2n) is 4.80. The van der Waals surface area contributed by atoms with Crippen molar-refractivity contribution in [2.75, 3.05) is 27.3 Å². The Balaban J connectivity index is 2.22. The lowest BCUT2D eigenvalue weighted by atomic mass is 10.1. The second-order valence-corrected chi connectivity index (χ2v) is 5.21. The fourth-order valence-corrected chi connectivity index (χ4v) is 2.28. The van der Waals surface area contributed by atoms with Gasteiger partial charge < -0.3 is 19.2 Å². The molecule has 0 saturated heterocycles. The van der Waals surface area contributed by atoms with Gasteiger partial charge in [0.25, 0.3) is 5.91 Å². The predicted molar refractivity (Wildman–Crippen MR) is 81.8 cm³/mol. The molecule has 1 amide bonds. The number of oxazole rings is 1. The number of carbonyl (C=O) groups excluding carboxylic acids is 1. The van der Waals surface area contributed by atoms with Crippen molar-refractivity contribution in [1.29, 1.82) is 0 Å². The van der Waals surface area contributed by atoms with E-state index in [0.29, 0.717) is 16.3 Å². The first-order chi connectivity index (χ1) is 10.5. The summed E-state index contributed by atoms with van der Waals surface area (Å²) in [5, 5.41) is 10.2. The Kier molecular flexibility index (Phi) is 5.54. The molecule has 6 nitrogen and oxygen atoms in total. The molecule has 2 aromatic rings. The third kappa shape index (κ3) is 3.65. The number of likely N-dealkylation sites (N-methyl/N-ethyl adjacent to an activating group) is 1. The molecule has 1 atom stereocenters. The van der Waals surface area contributed by atoms with Gasteiger partial charge in [-0.25, -0.2) is 4.98 Å². The van der Waals surface area contributed by atoms with Crippen molar-refractivity contribution >= 4 is 17.5 Å². The molecular formula is C15H17ClN2O4. The van der Waals surface area contributed by atoms with Gasteiger partial charge in [0, 0.05) is 26.3 Å². The van der Waals surface area contributed by atoms with Gasteiger partial charge in [0.2, 0.25) is 0 Å². The summed E-state index contributed by atoms with van der Waals surface area (Å²) in [6.07, 6.45) is 0.431. The molecule has 22 heavy (non-hydrogen) atoms. The number of carbonyl (C=O) groups is 1. The van der Waals surface area contributed by atoms with E-state index in [4.69, 9.17) is 20.8 Å². The molecule has 1 unspecified atom stereocenters. The van der Waals surface area contributed by atoms with Crippen LogP contribution in [-0.2, 0) is 4.74 Å². The number of amides is 1. The number of hydrogen-bond donors (Lipinski definition) is 1. The van der Waals surface area contributed by atoms with Crippen LogP contribution >= 0.6 is 11.6 Å². The highest BCUT2D eigenvalue weighted by molar-refractivity contribution is 6.33. The average molecular weight is 325 g/mol. The van der Waals surface area contributed by atoms with Crippen molar-refractivity contribution in [1.82, 2.24) is 9.88 Å². The third-order valence-electron chi connectivity index (χ3n) is 3.08. The summed E-state index contributed by atoms with van der Waals surface area (Å²) >= 11 is 6.13. The highest BCUT2D eigenvalue weighted by Gasteiger charge is 2.24. The van der Waals surface area contributed by atoms with Crippen molar-refractivity contribution < 1.29 is 19.1 Å². The number of ether oxygens (including phenoxy) is 1. The van der Waals surface area contributed by atoms with Crippen LogP contribution in [0, 0.1) is 0 Å². The van der Waals surface area contributed by atoms with Crippen LogP contribution in [0.15, 0.2) is 35.1 Å². The van der Waals surface area contributed by atoms with Crippen molar-refractivity contribution in [2.45, 2.75) is 6.10 Å². The van der Waals surface area contributed by atoms with E-state index in [1.165, 1.54) is 18.4 Å². The average Bonchev–Trinajstić information content (AvgIpc) is 2.96. The van der Waals surface area contributed by atoms with Crippen LogP contribution in [0.1, 0.15) is 10.5 Å². The zero-order valence-electron chi connectivity index (χ0n) is 12.3. The zero-order valence-corrected chi connectivity index (χ0v) is 13.1. The SMILES string of the molecule is COCC(O)CN(C)C(=O)c1ncoc1-c1ccccc1Cl. The van der Waals surface area contributed by atoms with Crippen LogP contribution in [-0.4, -0.2) is 54.3 Å². The van der Waals surface area contributed by atoms with Crippen LogP contribution in [0.4, 0.5) is 0 Å². The fraction of sp³-hybridized carbons (Fsp3) is 0.333. The zero-order chi connectivity index (χ0) is 16.1. The highest BCUT2D eigenvalue weighted by Crippen LogP contribution is 2.30. The highest BCUT2D eigenvalue weighted by atomic mass is 35.5. The number of nitrogens with zero attached hydrogens (tertiary/aromatic N) is 2. The molecule has 0 spiro atoms. The number of aliphatic hydroxyl groups is 1. The lowest BCUT2D eigenvalue weighted by Gasteiger charge is -2.19. The van der Waals surface area contributed by atoms with Gasteiger partial charge in [-0.3, -0.25) is 4.79 Å². The Labute approximate surface area is 133 Å². The van der Waals surface area contributed by atoms with Gasteiger partial charge in [-0.2, -0.15) is 0 Å². The van der Waals surface area contributed by atoms with Gasteiger partial charge in [-0.1, -0.05) is 23.7 Å². The van der Waals surface area contributed by atoms with Crippen molar-refractivity contribution in [3.8, 4) is 11.3 Å². The van der Waals surface area contributed by atoms with Crippen LogP contribution < -0.4 is 0 Å². The molecule has 1 heterocycles. The number of aliphatic hydroxyl groups excluding tert-OH is 1. The molecule has 1 aromatic heterocycles. The Hall–Kier alpha value is -1.89. The van der Waals surface area contributed by atoms with Crippen LogP contribution in [0.5, 0.6) is 0 Å². The van der Waals surface area contributed by atoms with Gasteiger partial charge >= 0.3 is 0 Å². The quantitative estimate of drug-likeness (QED) is 0.880. The fourth-order valence-electron chi connectivity index (χ4n) is 2.06. The number of rotatable bonds is 6. The Morgan fingerprint density at radius 1 is 1.50 bits per heavy atom. The molecule has 0 bridgehead atoms. The smallest absolute Gasteiger partial charge is 0.276 e. The molecule has 2 rings (SSSR count). The van der Waals surface area contributed by atoms with Gasteiger partial charge in [0.15, 0.2) is 17.8 Å². The van der Waals surface area contributed by atoms with E-state index >= 15 is 0 Å². The normalized spacial score (nSPS) is 12.2. The van der Waals surface area contributed by atoms with Gasteiger partial charge in [-0.15, -0.1) is 0 Å². The molecule has 0 saturated carbocycles. The summed E-state index contributed by atoms with van der Waals surface area (Å²) in [6.45, 7) is 0.273. The lowest BCUT2D eigenvalue weighted by Crippen LogP contribution is -2.36. The largest absolute Gasteiger partial charge is 0.443 e. The monoisotopic (exact) mass is 324 g/mol. The molecule has 0 radical (unpaired) electrons. The number of hydrogen-bond acceptors (Lipinski definition) is 5. The first-order valence-corrected chi connectivity index (χ1v) is 7.03. The van der Waals surface area contributed by atoms with E-state index < -0.39 is 6.10 Å². The van der Waals surface area contributed by atoms with E-state index in [0.717, 1.165) is 0 Å². The van der Waals surface area contributed by atoms with Crippen molar-refractivity contribution in [2.24, 2.45) is 0 Å². The van der Waals surface area contributed by atoms with Gasteiger partial charge in [-0.05, 0) is 12.1 Å². The summed E-state index contributed by atoms with van der Waals surface area (Å²) < 4.78 is 10.2. The van der Waals surface area contributed by atoms with Crippen molar-refractivity contribution in [3.63, 3.8) is 0 Å². The molecule has 1 aromatic carbocycles. The summed E-state index contributed by atoms with van der Waals surface area (Å²) in [5.74, 6) is -0.0532. The molecule has 1 N–H and O–H groups in total. The maximum Gasteiger partial charge on any atom is 0.276 e. The molecule has 0 aliphatic carbocycles. The summed E-state index contributed by atoms with van der Waals surface area (Å²) in [4.78, 5) is 17.8. The van der Waals surface area contributed by atoms with E-state index in [-0.39, 0.29) is 24.8 Å². The topological polar surface area (TPSA) is 75.8 Å². The third-order valence-corrected chi connectivity index (χ3v) is 3.41. The van der Waals surface area contributed by atoms with Crippen molar-refractivity contribution in [3.05, 3.63) is 41.4 Å². The minimum atomic E-state index is -0.769. The van der Waals surface area contributed by atoms with E-state index in [1.54, 1.807) is 31.3 Å². The van der Waals surface area contributed by atoms with E-state index in [1.807, 2.05) is 0 Å². The first kappa shape index (κ1) is 16.5. The van der Waals surface area contributed by atoms with Gasteiger partial charge in [0.05, 0.1) is 17.7 Å². The first-order valence-electron chi connectivity index (χ1n) is 6.65. The Bertz CT molecular complexity index is 644. The van der Waals surface area contributed by atoms with Crippen LogP contribution in [0.25, 0.3) is 11.3 Å². The predicted octanol–water partition coefficient (Wildman–Crippen LogP) is 2.07. The van der Waals surface area contributed by atoms with Gasteiger partial charge in [0.1, 0.15) is 0 Å². The lowest BCUT2D eigenvalue weighted by molar-refractivity contribution is 0.0378. The Morgan fingerprint density at radius 3 is 2.91 bits per heavy atom. The van der Waals surface area contributed by atoms with E-state index in [9.17, 15) is 9.90 Å². The second kappa shape index (κ2) is 7.40. The minimum absolute atomic E-state index is 0.126. The maximum absolute atomic E-state index is 12.5. The maximum atomic E-state index is 12.5. The molecule has 0 aliphatic rings. The molecule has 0 fully saturated rings. The number of aromatic nitrogens is 1. The molecule has 7 heteroatoms. The minimum Gasteiger partial charge on any atom is -0.443 e.